The molecule has 1 aliphatic rings. The fraction of sp³-hybridized carbons (Fsp3) is 0.891. The molecule has 1 fully saturated rings. The predicted molar refractivity (Wildman–Crippen MR) is 309 cm³/mol. The zero-order valence-corrected chi connectivity index (χ0v) is 47.9. The summed E-state index contributed by atoms with van der Waals surface area (Å²) in [5.41, 5.74) is 0. The predicted octanol–water partition coefficient (Wildman–Crippen LogP) is 16.3. The second-order valence-corrected chi connectivity index (χ2v) is 22.2. The van der Waals surface area contributed by atoms with E-state index in [0.29, 0.717) is 12.8 Å². The first kappa shape index (κ1) is 69.4. The largest absolute Gasteiger partial charge is 0.394 e. The van der Waals surface area contributed by atoms with Gasteiger partial charge in [-0.3, -0.25) is 4.79 Å². The number of aliphatic hydroxyl groups is 5. The van der Waals surface area contributed by atoms with Crippen LogP contribution in [-0.2, 0) is 14.3 Å². The molecule has 1 amide bonds. The third-order valence-corrected chi connectivity index (χ3v) is 15.2. The minimum atomic E-state index is -1.56. The fourth-order valence-corrected chi connectivity index (χ4v) is 10.2. The Morgan fingerprint density at radius 1 is 0.466 bits per heavy atom. The summed E-state index contributed by atoms with van der Waals surface area (Å²) >= 11 is 0. The highest BCUT2D eigenvalue weighted by atomic mass is 16.7. The van der Waals surface area contributed by atoms with Gasteiger partial charge in [0.1, 0.15) is 24.4 Å². The van der Waals surface area contributed by atoms with Crippen LogP contribution in [0.25, 0.3) is 0 Å². The Bertz CT molecular complexity index is 1240. The molecular weight excluding hydrogens is 911 g/mol. The van der Waals surface area contributed by atoms with Gasteiger partial charge in [0.25, 0.3) is 0 Å². The van der Waals surface area contributed by atoms with E-state index in [1.807, 2.05) is 0 Å². The molecule has 1 heterocycles. The van der Waals surface area contributed by atoms with Crippen LogP contribution in [0.3, 0.4) is 0 Å². The molecule has 0 aromatic carbocycles. The summed E-state index contributed by atoms with van der Waals surface area (Å²) in [5.74, 6) is -0.153. The zero-order valence-electron chi connectivity index (χ0n) is 47.9. The molecule has 1 rings (SSSR count). The first-order chi connectivity index (χ1) is 35.8. The lowest BCUT2D eigenvalue weighted by molar-refractivity contribution is -0.302. The molecule has 0 spiro atoms. The maximum atomic E-state index is 13.1. The van der Waals surface area contributed by atoms with E-state index >= 15 is 0 Å². The van der Waals surface area contributed by atoms with Crippen molar-refractivity contribution >= 4 is 5.91 Å². The number of hydrogen-bond acceptors (Lipinski definition) is 8. The number of unbranched alkanes of at least 4 members (excludes halogenated alkanes) is 39. The number of allylic oxidation sites excluding steroid dienone is 6. The topological polar surface area (TPSA) is 149 Å². The van der Waals surface area contributed by atoms with E-state index in [1.165, 1.54) is 218 Å². The highest BCUT2D eigenvalue weighted by Gasteiger charge is 2.44. The molecule has 73 heavy (non-hydrogen) atoms. The summed E-state index contributed by atoms with van der Waals surface area (Å²) in [6.45, 7) is 3.84. The van der Waals surface area contributed by atoms with Crippen LogP contribution >= 0.6 is 0 Å². The number of aliphatic hydroxyl groups excluding tert-OH is 5. The molecule has 6 N–H and O–H groups in total. The van der Waals surface area contributed by atoms with Gasteiger partial charge in [-0.25, -0.2) is 0 Å². The molecule has 0 radical (unpaired) electrons. The van der Waals surface area contributed by atoms with Crippen molar-refractivity contribution in [2.45, 2.75) is 352 Å². The van der Waals surface area contributed by atoms with Gasteiger partial charge >= 0.3 is 0 Å². The van der Waals surface area contributed by atoms with Crippen LogP contribution in [0.15, 0.2) is 36.5 Å². The van der Waals surface area contributed by atoms with Crippen LogP contribution in [0, 0.1) is 0 Å². The lowest BCUT2D eigenvalue weighted by Gasteiger charge is -2.40. The summed E-state index contributed by atoms with van der Waals surface area (Å²) in [7, 11) is 0. The number of carbonyl (C=O) groups excluding carboxylic acids is 1. The Morgan fingerprint density at radius 3 is 1.22 bits per heavy atom. The Hall–Kier alpha value is -1.59. The van der Waals surface area contributed by atoms with Gasteiger partial charge in [-0.2, -0.15) is 0 Å². The summed E-state index contributed by atoms with van der Waals surface area (Å²) < 4.78 is 11.3. The van der Waals surface area contributed by atoms with Crippen molar-refractivity contribution in [1.29, 1.82) is 0 Å². The van der Waals surface area contributed by atoms with Crippen molar-refractivity contribution in [3.8, 4) is 0 Å². The Balaban J connectivity index is 2.14. The van der Waals surface area contributed by atoms with Crippen molar-refractivity contribution in [2.75, 3.05) is 13.2 Å². The first-order valence-electron chi connectivity index (χ1n) is 31.7. The van der Waals surface area contributed by atoms with E-state index in [2.05, 4.69) is 55.6 Å². The maximum Gasteiger partial charge on any atom is 0.220 e. The molecule has 0 bridgehead atoms. The lowest BCUT2D eigenvalue weighted by atomic mass is 9.99. The van der Waals surface area contributed by atoms with Gasteiger partial charge in [0.05, 0.1) is 25.4 Å². The number of hydrogen-bond donors (Lipinski definition) is 6. The number of nitrogens with one attached hydrogen (secondary N) is 1. The van der Waals surface area contributed by atoms with Gasteiger partial charge in [0, 0.05) is 6.42 Å². The summed E-state index contributed by atoms with van der Waals surface area (Å²) in [6, 6.07) is -0.728. The SMILES string of the molecule is CCCCC/C=C\C/C=C\C/C=C\CCCCCCCCC(=O)NC(COC1OC(CO)C(O)C(O)C1O)C(O)CCCCCCCCCCCCCCCCCCCCCCCCCCCCCCCCC. The molecule has 0 aromatic rings. The number of carbonyl (C=O) groups is 1. The molecule has 7 unspecified atom stereocenters. The molecular formula is C64H121NO8. The van der Waals surface area contributed by atoms with Crippen LogP contribution in [0.5, 0.6) is 0 Å². The molecule has 1 aliphatic heterocycles. The van der Waals surface area contributed by atoms with E-state index in [-0.39, 0.29) is 12.5 Å². The number of rotatable bonds is 55. The van der Waals surface area contributed by atoms with Crippen LogP contribution in [0.2, 0.25) is 0 Å². The van der Waals surface area contributed by atoms with E-state index in [4.69, 9.17) is 9.47 Å². The Labute approximate surface area is 451 Å². The fourth-order valence-electron chi connectivity index (χ4n) is 10.2. The van der Waals surface area contributed by atoms with E-state index in [1.54, 1.807) is 0 Å². The van der Waals surface area contributed by atoms with Crippen LogP contribution in [0.1, 0.15) is 309 Å². The second-order valence-electron chi connectivity index (χ2n) is 22.2. The summed E-state index contributed by atoms with van der Waals surface area (Å²) in [5, 5.41) is 54.8. The minimum absolute atomic E-state index is 0.142. The first-order valence-corrected chi connectivity index (χ1v) is 31.7. The summed E-state index contributed by atoms with van der Waals surface area (Å²) in [6.07, 6.45) is 63.4. The average molecular weight is 1030 g/mol. The molecule has 7 atom stereocenters. The average Bonchev–Trinajstić information content (AvgIpc) is 3.39. The normalized spacial score (nSPS) is 19.2. The van der Waals surface area contributed by atoms with Crippen molar-refractivity contribution < 1.29 is 39.8 Å². The smallest absolute Gasteiger partial charge is 0.220 e. The van der Waals surface area contributed by atoms with Gasteiger partial charge in [-0.05, 0) is 51.4 Å². The van der Waals surface area contributed by atoms with Crippen molar-refractivity contribution in [2.24, 2.45) is 0 Å². The Kier molecular flexibility index (Phi) is 51.2. The van der Waals surface area contributed by atoms with Crippen LogP contribution in [0.4, 0.5) is 0 Å². The molecule has 0 aromatic heterocycles. The highest BCUT2D eigenvalue weighted by Crippen LogP contribution is 2.23. The third-order valence-electron chi connectivity index (χ3n) is 15.2. The van der Waals surface area contributed by atoms with E-state index in [9.17, 15) is 30.3 Å². The molecule has 0 aliphatic carbocycles. The second kappa shape index (κ2) is 53.8. The van der Waals surface area contributed by atoms with E-state index in [0.717, 1.165) is 64.2 Å². The standard InChI is InChI=1S/C64H121NO8/c1-3-5-7-9-11-13-15-17-19-21-23-24-25-26-27-28-29-30-31-32-33-34-36-37-39-41-43-45-47-49-51-53-58(67)57(56-72-64-63(71)62(70)61(69)59(55-66)73-64)65-60(68)54-52-50-48-46-44-42-40-38-35-22-20-18-16-14-12-10-8-6-4-2/h12,14,18,20,35,38,57-59,61-64,66-67,69-71H,3-11,13,15-17,19,21-34,36-37,39-56H2,1-2H3,(H,65,68)/b14-12-,20-18-,38-35-. The van der Waals surface area contributed by atoms with Gasteiger partial charge in [0.15, 0.2) is 6.29 Å². The van der Waals surface area contributed by atoms with Crippen molar-refractivity contribution in [3.05, 3.63) is 36.5 Å². The lowest BCUT2D eigenvalue weighted by Crippen LogP contribution is -2.60. The molecule has 1 saturated heterocycles. The van der Waals surface area contributed by atoms with Crippen LogP contribution < -0.4 is 5.32 Å². The summed E-state index contributed by atoms with van der Waals surface area (Å²) in [4.78, 5) is 13.1. The van der Waals surface area contributed by atoms with Gasteiger partial charge < -0.3 is 40.3 Å². The maximum absolute atomic E-state index is 13.1. The number of amides is 1. The Morgan fingerprint density at radius 2 is 0.808 bits per heavy atom. The van der Waals surface area contributed by atoms with Gasteiger partial charge in [-0.15, -0.1) is 0 Å². The molecule has 9 heteroatoms. The highest BCUT2D eigenvalue weighted by molar-refractivity contribution is 5.76. The molecule has 430 valence electrons. The van der Waals surface area contributed by atoms with Gasteiger partial charge in [0.2, 0.25) is 5.91 Å². The molecule has 0 saturated carbocycles. The molecule has 9 nitrogen and oxygen atoms in total. The van der Waals surface area contributed by atoms with Gasteiger partial charge in [-0.1, -0.05) is 288 Å². The monoisotopic (exact) mass is 1030 g/mol. The quantitative estimate of drug-likeness (QED) is 0.0261. The zero-order chi connectivity index (χ0) is 52.9. The number of ether oxygens (including phenoxy) is 2. The van der Waals surface area contributed by atoms with Crippen LogP contribution in [-0.4, -0.2) is 87.5 Å². The van der Waals surface area contributed by atoms with Crippen molar-refractivity contribution in [3.63, 3.8) is 0 Å². The van der Waals surface area contributed by atoms with Crippen molar-refractivity contribution in [1.82, 2.24) is 5.32 Å². The minimum Gasteiger partial charge on any atom is -0.394 e. The third kappa shape index (κ3) is 43.1. The van der Waals surface area contributed by atoms with E-state index < -0.39 is 49.5 Å².